The molecule has 0 saturated heterocycles. The van der Waals surface area contributed by atoms with Crippen molar-refractivity contribution >= 4 is 17.6 Å². The van der Waals surface area contributed by atoms with E-state index in [9.17, 15) is 9.59 Å². The van der Waals surface area contributed by atoms with Crippen molar-refractivity contribution in [2.24, 2.45) is 5.92 Å². The molecule has 0 saturated carbocycles. The van der Waals surface area contributed by atoms with E-state index in [-0.39, 0.29) is 13.2 Å². The van der Waals surface area contributed by atoms with Crippen LogP contribution in [0, 0.1) is 12.8 Å². The van der Waals surface area contributed by atoms with Crippen LogP contribution in [0.5, 0.6) is 0 Å². The molecule has 1 heterocycles. The Hall–Kier alpha value is -3.28. The van der Waals surface area contributed by atoms with Gasteiger partial charge in [0.2, 0.25) is 0 Å². The fraction of sp³-hybridized carbons (Fsp3) is 0.333. The number of aryl methyl sites for hydroxylation is 1. The van der Waals surface area contributed by atoms with E-state index in [1.54, 1.807) is 26.0 Å². The average molecular weight is 409 g/mol. The lowest BCUT2D eigenvalue weighted by Gasteiger charge is -2.31. The molecule has 1 aliphatic rings. The van der Waals surface area contributed by atoms with Crippen LogP contribution in [0.2, 0.25) is 0 Å². The number of esters is 2. The molecule has 3 rings (SSSR count). The zero-order valence-electron chi connectivity index (χ0n) is 17.7. The van der Waals surface area contributed by atoms with Crippen molar-refractivity contribution in [3.8, 4) is 0 Å². The molecule has 6 nitrogen and oxygen atoms in total. The topological polar surface area (TPSA) is 77.8 Å². The summed E-state index contributed by atoms with van der Waals surface area (Å²) in [6, 6.07) is 11.3. The zero-order chi connectivity index (χ0) is 21.7. The van der Waals surface area contributed by atoms with Gasteiger partial charge in [0.25, 0.3) is 0 Å². The first-order chi connectivity index (χ1) is 14.5. The molecule has 1 aliphatic carbocycles. The number of hydrogen-bond acceptors (Lipinski definition) is 6. The van der Waals surface area contributed by atoms with Gasteiger partial charge < -0.3 is 19.2 Å². The number of benzene rings is 1. The fourth-order valence-electron chi connectivity index (χ4n) is 3.66. The third-order valence-electron chi connectivity index (χ3n) is 5.01. The van der Waals surface area contributed by atoms with Crippen LogP contribution < -0.4 is 5.32 Å². The Labute approximate surface area is 176 Å². The highest BCUT2D eigenvalue weighted by atomic mass is 16.5. The molecule has 2 atom stereocenters. The minimum absolute atomic E-state index is 0.220. The Kier molecular flexibility index (Phi) is 6.77. The maximum atomic E-state index is 13.0. The zero-order valence-corrected chi connectivity index (χ0v) is 17.7. The maximum Gasteiger partial charge on any atom is 0.336 e. The Morgan fingerprint density at radius 3 is 2.33 bits per heavy atom. The smallest absolute Gasteiger partial charge is 0.336 e. The number of allylic oxidation sites excluding steroid dienone is 1. The molecular weight excluding hydrogens is 382 g/mol. The highest BCUT2D eigenvalue weighted by Gasteiger charge is 2.43. The van der Waals surface area contributed by atoms with E-state index in [1.807, 2.05) is 44.2 Å². The normalized spacial score (nSPS) is 18.6. The second kappa shape index (κ2) is 9.48. The molecule has 0 bridgehead atoms. The number of hydrogen-bond donors (Lipinski definition) is 1. The summed E-state index contributed by atoms with van der Waals surface area (Å²) in [7, 11) is 0. The van der Waals surface area contributed by atoms with Gasteiger partial charge in [0, 0.05) is 11.4 Å². The Morgan fingerprint density at radius 1 is 1.03 bits per heavy atom. The summed E-state index contributed by atoms with van der Waals surface area (Å²) in [6.45, 7) is 7.84. The van der Waals surface area contributed by atoms with E-state index in [0.717, 1.165) is 16.8 Å². The van der Waals surface area contributed by atoms with Gasteiger partial charge in [-0.2, -0.15) is 0 Å². The quantitative estimate of drug-likeness (QED) is 0.666. The molecule has 0 aliphatic heterocycles. The Morgan fingerprint density at radius 2 is 1.73 bits per heavy atom. The maximum absolute atomic E-state index is 13.0. The van der Waals surface area contributed by atoms with E-state index in [1.165, 1.54) is 6.26 Å². The largest absolute Gasteiger partial charge is 0.469 e. The van der Waals surface area contributed by atoms with Gasteiger partial charge in [0.1, 0.15) is 5.76 Å². The molecule has 1 aromatic carbocycles. The van der Waals surface area contributed by atoms with Crippen LogP contribution in [0.25, 0.3) is 0 Å². The van der Waals surface area contributed by atoms with Crippen LogP contribution in [0.4, 0.5) is 5.69 Å². The minimum Gasteiger partial charge on any atom is -0.469 e. The van der Waals surface area contributed by atoms with Gasteiger partial charge in [-0.1, -0.05) is 23.3 Å². The van der Waals surface area contributed by atoms with Gasteiger partial charge in [0.05, 0.1) is 36.9 Å². The molecule has 158 valence electrons. The third kappa shape index (κ3) is 4.48. The van der Waals surface area contributed by atoms with Gasteiger partial charge in [-0.3, -0.25) is 4.79 Å². The van der Waals surface area contributed by atoms with E-state index in [2.05, 4.69) is 5.32 Å². The number of furan rings is 1. The lowest BCUT2D eigenvalue weighted by molar-refractivity contribution is -0.147. The standard InChI is InChI=1S/C24H27NO5/c1-5-28-23(26)20-16(4)14-18(25-17-11-9-15(3)10-12-17)21(24(27)29-6-2)22(20)19-8-7-13-30-19/h7-14,20,22,25H,5-6H2,1-4H3/t20-,22+/m1/s1. The van der Waals surface area contributed by atoms with E-state index >= 15 is 0 Å². The summed E-state index contributed by atoms with van der Waals surface area (Å²) in [4.78, 5) is 25.9. The van der Waals surface area contributed by atoms with Crippen LogP contribution in [0.1, 0.15) is 38.0 Å². The number of nitrogens with one attached hydrogen (secondary N) is 1. The Bertz CT molecular complexity index is 954. The van der Waals surface area contributed by atoms with Crippen molar-refractivity contribution in [1.29, 1.82) is 0 Å². The molecule has 0 radical (unpaired) electrons. The van der Waals surface area contributed by atoms with Crippen molar-refractivity contribution in [3.05, 3.63) is 76.9 Å². The third-order valence-corrected chi connectivity index (χ3v) is 5.01. The predicted octanol–water partition coefficient (Wildman–Crippen LogP) is 4.74. The van der Waals surface area contributed by atoms with Crippen molar-refractivity contribution in [3.63, 3.8) is 0 Å². The van der Waals surface area contributed by atoms with Crippen molar-refractivity contribution in [2.75, 3.05) is 18.5 Å². The van der Waals surface area contributed by atoms with Crippen LogP contribution in [-0.4, -0.2) is 25.2 Å². The van der Waals surface area contributed by atoms with Gasteiger partial charge in [-0.05, 0) is 58.0 Å². The summed E-state index contributed by atoms with van der Waals surface area (Å²) >= 11 is 0. The number of ether oxygens (including phenoxy) is 2. The minimum atomic E-state index is -0.681. The fourth-order valence-corrected chi connectivity index (χ4v) is 3.66. The molecule has 1 N–H and O–H groups in total. The molecule has 6 heteroatoms. The predicted molar refractivity (Wildman–Crippen MR) is 114 cm³/mol. The number of anilines is 1. The van der Waals surface area contributed by atoms with Gasteiger partial charge in [-0.25, -0.2) is 4.79 Å². The number of carbonyl (C=O) groups is 2. The highest BCUT2D eigenvalue weighted by molar-refractivity contribution is 5.95. The highest BCUT2D eigenvalue weighted by Crippen LogP contribution is 2.43. The first-order valence-corrected chi connectivity index (χ1v) is 10.1. The van der Waals surface area contributed by atoms with Crippen LogP contribution in [0.3, 0.4) is 0 Å². The molecule has 1 aromatic heterocycles. The summed E-state index contributed by atoms with van der Waals surface area (Å²) < 4.78 is 16.3. The van der Waals surface area contributed by atoms with Crippen LogP contribution in [0.15, 0.2) is 70.0 Å². The lowest BCUT2D eigenvalue weighted by atomic mass is 9.75. The summed E-state index contributed by atoms with van der Waals surface area (Å²) in [5, 5.41) is 3.32. The summed E-state index contributed by atoms with van der Waals surface area (Å²) in [5.74, 6) is -1.72. The first-order valence-electron chi connectivity index (χ1n) is 10.1. The average Bonchev–Trinajstić information content (AvgIpc) is 3.24. The molecule has 0 unspecified atom stereocenters. The van der Waals surface area contributed by atoms with Gasteiger partial charge in [-0.15, -0.1) is 0 Å². The second-order valence-corrected chi connectivity index (χ2v) is 7.15. The van der Waals surface area contributed by atoms with Crippen molar-refractivity contribution in [2.45, 2.75) is 33.6 Å². The van der Waals surface area contributed by atoms with Crippen molar-refractivity contribution in [1.82, 2.24) is 0 Å². The molecule has 2 aromatic rings. The SMILES string of the molecule is CCOC(=O)C1=C(Nc2ccc(C)cc2)C=C(C)[C@@H](C(=O)OCC)[C@@H]1c1ccco1. The van der Waals surface area contributed by atoms with Crippen molar-refractivity contribution < 1.29 is 23.5 Å². The number of rotatable bonds is 7. The molecule has 0 spiro atoms. The molecule has 0 fully saturated rings. The Balaban J connectivity index is 2.14. The van der Waals surface area contributed by atoms with Gasteiger partial charge in [0.15, 0.2) is 0 Å². The van der Waals surface area contributed by atoms with E-state index < -0.39 is 23.8 Å². The van der Waals surface area contributed by atoms with Crippen LogP contribution in [-0.2, 0) is 19.1 Å². The molecular formula is C24H27NO5. The lowest BCUT2D eigenvalue weighted by Crippen LogP contribution is -2.33. The monoisotopic (exact) mass is 409 g/mol. The summed E-state index contributed by atoms with van der Waals surface area (Å²) in [6.07, 6.45) is 3.34. The second-order valence-electron chi connectivity index (χ2n) is 7.15. The molecule has 30 heavy (non-hydrogen) atoms. The van der Waals surface area contributed by atoms with E-state index in [4.69, 9.17) is 13.9 Å². The van der Waals surface area contributed by atoms with Gasteiger partial charge >= 0.3 is 11.9 Å². The first kappa shape index (κ1) is 21.4. The van der Waals surface area contributed by atoms with Crippen LogP contribution >= 0.6 is 0 Å². The molecule has 0 amide bonds. The van der Waals surface area contributed by atoms with E-state index in [0.29, 0.717) is 17.0 Å². The number of carbonyl (C=O) groups excluding carboxylic acids is 2. The summed E-state index contributed by atoms with van der Waals surface area (Å²) in [5.41, 5.74) is 3.66.